The van der Waals surface area contributed by atoms with Gasteiger partial charge in [-0.1, -0.05) is 29.8 Å². The summed E-state index contributed by atoms with van der Waals surface area (Å²) in [6.07, 6.45) is 0. The normalized spacial score (nSPS) is 10.3. The van der Waals surface area contributed by atoms with Gasteiger partial charge in [0.05, 0.1) is 10.6 Å². The number of hydrogen-bond acceptors (Lipinski definition) is 3. The molecule has 2 aromatic carbocycles. The summed E-state index contributed by atoms with van der Waals surface area (Å²) in [6, 6.07) is 9.37. The predicted octanol–water partition coefficient (Wildman–Crippen LogP) is 3.73. The lowest BCUT2D eigenvalue weighted by Crippen LogP contribution is -2.09. The van der Waals surface area contributed by atoms with Crippen molar-refractivity contribution < 1.29 is 13.9 Å². The van der Waals surface area contributed by atoms with Crippen LogP contribution in [0, 0.1) is 12.7 Å². The predicted molar refractivity (Wildman–Crippen MR) is 76.1 cm³/mol. The van der Waals surface area contributed by atoms with Crippen LogP contribution < -0.4 is 5.73 Å². The fourth-order valence-corrected chi connectivity index (χ4v) is 1.83. The number of para-hydroxylation sites is 1. The number of carbonyl (C=O) groups is 1. The van der Waals surface area contributed by atoms with Gasteiger partial charge in [0, 0.05) is 5.69 Å². The molecule has 0 aliphatic heterocycles. The molecule has 0 aliphatic carbocycles. The van der Waals surface area contributed by atoms with E-state index in [0.29, 0.717) is 16.8 Å². The maximum atomic E-state index is 13.3. The van der Waals surface area contributed by atoms with Crippen molar-refractivity contribution in [1.82, 2.24) is 0 Å². The Bertz CT molecular complexity index is 658. The van der Waals surface area contributed by atoms with Gasteiger partial charge in [-0.2, -0.15) is 0 Å². The second-order valence-electron chi connectivity index (χ2n) is 4.36. The highest BCUT2D eigenvalue weighted by Crippen LogP contribution is 2.19. The fraction of sp³-hybridized carbons (Fsp3) is 0.133. The number of ether oxygens (including phenoxy) is 1. The molecule has 0 aliphatic rings. The lowest BCUT2D eigenvalue weighted by atomic mass is 10.1. The topological polar surface area (TPSA) is 52.3 Å². The Morgan fingerprint density at radius 3 is 2.80 bits per heavy atom. The van der Waals surface area contributed by atoms with Crippen LogP contribution >= 0.6 is 11.6 Å². The number of esters is 1. The van der Waals surface area contributed by atoms with Crippen LogP contribution in [0.5, 0.6) is 0 Å². The standard InChI is InChI=1S/C15H13ClFNO2/c1-9-3-2-4-11(14(9)18)15(19)20-8-10-5-6-12(16)13(17)7-10/h2-7H,8,18H2,1H3. The SMILES string of the molecule is Cc1cccc(C(=O)OCc2ccc(Cl)c(F)c2)c1N. The average Bonchev–Trinajstić information content (AvgIpc) is 2.43. The van der Waals surface area contributed by atoms with Crippen LogP contribution in [0.25, 0.3) is 0 Å². The first-order valence-electron chi connectivity index (χ1n) is 5.95. The lowest BCUT2D eigenvalue weighted by Gasteiger charge is -2.09. The van der Waals surface area contributed by atoms with E-state index in [-0.39, 0.29) is 11.6 Å². The minimum Gasteiger partial charge on any atom is -0.457 e. The molecular weight excluding hydrogens is 281 g/mol. The van der Waals surface area contributed by atoms with E-state index in [9.17, 15) is 9.18 Å². The zero-order chi connectivity index (χ0) is 14.7. The summed E-state index contributed by atoms with van der Waals surface area (Å²) in [5.74, 6) is -1.09. The molecular formula is C15H13ClFNO2. The Morgan fingerprint density at radius 1 is 1.35 bits per heavy atom. The summed E-state index contributed by atoms with van der Waals surface area (Å²) in [5, 5.41) is 0.0306. The van der Waals surface area contributed by atoms with Gasteiger partial charge in [0.2, 0.25) is 0 Å². The Labute approximate surface area is 121 Å². The second kappa shape index (κ2) is 5.92. The van der Waals surface area contributed by atoms with Gasteiger partial charge in [0.25, 0.3) is 0 Å². The van der Waals surface area contributed by atoms with E-state index >= 15 is 0 Å². The number of rotatable bonds is 3. The molecule has 0 radical (unpaired) electrons. The summed E-state index contributed by atoms with van der Waals surface area (Å²) in [7, 11) is 0. The molecule has 0 atom stereocenters. The maximum absolute atomic E-state index is 13.3. The van der Waals surface area contributed by atoms with Gasteiger partial charge >= 0.3 is 5.97 Å². The van der Waals surface area contributed by atoms with Gasteiger partial charge in [-0.05, 0) is 36.2 Å². The lowest BCUT2D eigenvalue weighted by molar-refractivity contribution is 0.0473. The molecule has 0 aromatic heterocycles. The van der Waals surface area contributed by atoms with Crippen LogP contribution in [0.15, 0.2) is 36.4 Å². The molecule has 104 valence electrons. The van der Waals surface area contributed by atoms with E-state index in [1.165, 1.54) is 12.1 Å². The van der Waals surface area contributed by atoms with E-state index in [1.54, 1.807) is 31.2 Å². The third-order valence-electron chi connectivity index (χ3n) is 2.90. The molecule has 0 heterocycles. The number of nitrogen functional groups attached to an aromatic ring is 1. The van der Waals surface area contributed by atoms with Crippen molar-refractivity contribution in [3.8, 4) is 0 Å². The first-order chi connectivity index (χ1) is 9.49. The van der Waals surface area contributed by atoms with E-state index < -0.39 is 11.8 Å². The van der Waals surface area contributed by atoms with E-state index in [2.05, 4.69) is 0 Å². The molecule has 0 saturated carbocycles. The third kappa shape index (κ3) is 3.08. The summed E-state index contributed by atoms with van der Waals surface area (Å²) >= 11 is 5.58. The molecule has 5 heteroatoms. The van der Waals surface area contributed by atoms with Crippen LogP contribution in [0.3, 0.4) is 0 Å². The summed E-state index contributed by atoms with van der Waals surface area (Å²) in [5.41, 5.74) is 7.83. The Kier molecular flexibility index (Phi) is 4.25. The van der Waals surface area contributed by atoms with Crippen LogP contribution in [0.2, 0.25) is 5.02 Å². The highest BCUT2D eigenvalue weighted by molar-refractivity contribution is 6.30. The van der Waals surface area contributed by atoms with Crippen molar-refractivity contribution in [3.63, 3.8) is 0 Å². The molecule has 0 amide bonds. The number of carbonyl (C=O) groups excluding carboxylic acids is 1. The largest absolute Gasteiger partial charge is 0.457 e. The molecule has 2 aromatic rings. The number of anilines is 1. The fourth-order valence-electron chi connectivity index (χ4n) is 1.71. The first kappa shape index (κ1) is 14.3. The molecule has 0 fully saturated rings. The van der Waals surface area contributed by atoms with Gasteiger partial charge in [-0.3, -0.25) is 0 Å². The van der Waals surface area contributed by atoms with Gasteiger partial charge in [0.15, 0.2) is 0 Å². The number of nitrogens with two attached hydrogens (primary N) is 1. The van der Waals surface area contributed by atoms with Gasteiger partial charge in [-0.25, -0.2) is 9.18 Å². The molecule has 0 bridgehead atoms. The minimum atomic E-state index is -0.546. The van der Waals surface area contributed by atoms with Crippen molar-refractivity contribution in [2.24, 2.45) is 0 Å². The number of benzene rings is 2. The van der Waals surface area contributed by atoms with Crippen molar-refractivity contribution in [1.29, 1.82) is 0 Å². The summed E-state index contributed by atoms with van der Waals surface area (Å²) < 4.78 is 18.4. The van der Waals surface area contributed by atoms with Crippen LogP contribution in [0.1, 0.15) is 21.5 Å². The van der Waals surface area contributed by atoms with Crippen molar-refractivity contribution in [2.75, 3.05) is 5.73 Å². The van der Waals surface area contributed by atoms with E-state index in [0.717, 1.165) is 5.56 Å². The zero-order valence-electron chi connectivity index (χ0n) is 10.8. The Balaban J connectivity index is 2.08. The minimum absolute atomic E-state index is 0.0306. The second-order valence-corrected chi connectivity index (χ2v) is 4.77. The summed E-state index contributed by atoms with van der Waals surface area (Å²) in [6.45, 7) is 1.76. The number of aryl methyl sites for hydroxylation is 1. The van der Waals surface area contributed by atoms with Gasteiger partial charge < -0.3 is 10.5 Å². The molecule has 2 rings (SSSR count). The number of hydrogen-bond donors (Lipinski definition) is 1. The molecule has 2 N–H and O–H groups in total. The molecule has 0 spiro atoms. The maximum Gasteiger partial charge on any atom is 0.340 e. The highest BCUT2D eigenvalue weighted by atomic mass is 35.5. The van der Waals surface area contributed by atoms with Crippen LogP contribution in [0.4, 0.5) is 10.1 Å². The smallest absolute Gasteiger partial charge is 0.340 e. The van der Waals surface area contributed by atoms with Crippen molar-refractivity contribution in [2.45, 2.75) is 13.5 Å². The Hall–Kier alpha value is -2.07. The Morgan fingerprint density at radius 2 is 2.10 bits per heavy atom. The van der Waals surface area contributed by atoms with E-state index in [1.807, 2.05) is 0 Å². The highest BCUT2D eigenvalue weighted by Gasteiger charge is 2.12. The third-order valence-corrected chi connectivity index (χ3v) is 3.20. The monoisotopic (exact) mass is 293 g/mol. The average molecular weight is 294 g/mol. The molecule has 20 heavy (non-hydrogen) atoms. The quantitative estimate of drug-likeness (QED) is 0.693. The van der Waals surface area contributed by atoms with Crippen LogP contribution in [-0.2, 0) is 11.3 Å². The summed E-state index contributed by atoms with van der Waals surface area (Å²) in [4.78, 5) is 11.9. The van der Waals surface area contributed by atoms with Gasteiger partial charge in [-0.15, -0.1) is 0 Å². The zero-order valence-corrected chi connectivity index (χ0v) is 11.6. The molecule has 3 nitrogen and oxygen atoms in total. The van der Waals surface area contributed by atoms with Crippen molar-refractivity contribution >= 4 is 23.3 Å². The van der Waals surface area contributed by atoms with E-state index in [4.69, 9.17) is 22.1 Å². The van der Waals surface area contributed by atoms with Crippen LogP contribution in [-0.4, -0.2) is 5.97 Å². The molecule has 0 saturated heterocycles. The van der Waals surface area contributed by atoms with Crippen molar-refractivity contribution in [3.05, 3.63) is 63.9 Å². The van der Waals surface area contributed by atoms with Gasteiger partial charge in [0.1, 0.15) is 12.4 Å². The molecule has 0 unspecified atom stereocenters. The number of halogens is 2. The first-order valence-corrected chi connectivity index (χ1v) is 6.33.